The SMILES string of the molecule is CCCCCCC(=O)OC(CCC)OC(=O)C1=C(CSc2nnnn2CCN(C)C)CS[C@H]2[C@H](NC(=O)Cc3csc(N)n3)C(=O)N12. The smallest absolute Gasteiger partial charge is 0.358 e. The molecule has 18 heteroatoms. The molecule has 47 heavy (non-hydrogen) atoms. The van der Waals surface area contributed by atoms with E-state index in [1.54, 1.807) is 10.1 Å². The van der Waals surface area contributed by atoms with Crippen LogP contribution in [0, 0.1) is 0 Å². The van der Waals surface area contributed by atoms with Crippen LogP contribution in [0.25, 0.3) is 0 Å². The Morgan fingerprint density at radius 3 is 2.70 bits per heavy atom. The summed E-state index contributed by atoms with van der Waals surface area (Å²) >= 11 is 4.02. The number of anilines is 1. The molecule has 0 saturated carbocycles. The molecule has 1 saturated heterocycles. The maximum Gasteiger partial charge on any atom is 0.358 e. The molecular formula is C29H43N9O6S3. The molecular weight excluding hydrogens is 667 g/mol. The molecule has 0 aliphatic carbocycles. The Morgan fingerprint density at radius 2 is 2.00 bits per heavy atom. The van der Waals surface area contributed by atoms with E-state index in [0.29, 0.717) is 58.9 Å². The summed E-state index contributed by atoms with van der Waals surface area (Å²) in [5.41, 5.74) is 6.95. The maximum absolute atomic E-state index is 13.8. The Morgan fingerprint density at radius 1 is 1.19 bits per heavy atom. The minimum absolute atomic E-state index is 0.0213. The van der Waals surface area contributed by atoms with Gasteiger partial charge < -0.3 is 25.4 Å². The Labute approximate surface area is 286 Å². The predicted octanol–water partition coefficient (Wildman–Crippen LogP) is 2.45. The second-order valence-electron chi connectivity index (χ2n) is 11.5. The van der Waals surface area contributed by atoms with Crippen LogP contribution < -0.4 is 11.1 Å². The number of amides is 2. The van der Waals surface area contributed by atoms with E-state index in [9.17, 15) is 19.2 Å². The molecule has 4 rings (SSSR count). The van der Waals surface area contributed by atoms with Gasteiger partial charge in [0.2, 0.25) is 17.4 Å². The number of carbonyl (C=O) groups excluding carboxylic acids is 4. The number of nitrogens with zero attached hydrogens (tertiary/aromatic N) is 7. The molecule has 2 aromatic heterocycles. The van der Waals surface area contributed by atoms with Gasteiger partial charge in [0.1, 0.15) is 17.1 Å². The fourth-order valence-electron chi connectivity index (χ4n) is 4.92. The third kappa shape index (κ3) is 10.1. The minimum Gasteiger partial charge on any atom is -0.425 e. The van der Waals surface area contributed by atoms with E-state index in [1.165, 1.54) is 39.8 Å². The molecule has 2 amide bonds. The topological polar surface area (TPSA) is 188 Å². The van der Waals surface area contributed by atoms with Crippen LogP contribution in [-0.4, -0.2) is 109 Å². The minimum atomic E-state index is -1.09. The number of nitrogens with one attached hydrogen (secondary N) is 1. The quantitative estimate of drug-likeness (QED) is 0.0712. The third-order valence-electron chi connectivity index (χ3n) is 7.36. The largest absolute Gasteiger partial charge is 0.425 e. The summed E-state index contributed by atoms with van der Waals surface area (Å²) < 4.78 is 13.0. The Balaban J connectivity index is 1.50. The number of hydrogen-bond donors (Lipinski definition) is 2. The monoisotopic (exact) mass is 709 g/mol. The van der Waals surface area contributed by atoms with Crippen molar-refractivity contribution in [2.75, 3.05) is 37.9 Å². The van der Waals surface area contributed by atoms with Crippen LogP contribution in [0.4, 0.5) is 5.13 Å². The number of ether oxygens (including phenoxy) is 2. The summed E-state index contributed by atoms with van der Waals surface area (Å²) in [6.45, 7) is 5.31. The number of β-lactam (4-membered cyclic amide) rings is 1. The van der Waals surface area contributed by atoms with Gasteiger partial charge in [-0.25, -0.2) is 14.5 Å². The second-order valence-corrected chi connectivity index (χ2v) is 14.4. The van der Waals surface area contributed by atoms with Crippen molar-refractivity contribution in [1.29, 1.82) is 0 Å². The lowest BCUT2D eigenvalue weighted by Crippen LogP contribution is -2.70. The molecule has 1 unspecified atom stereocenters. The van der Waals surface area contributed by atoms with Crippen molar-refractivity contribution >= 4 is 63.7 Å². The third-order valence-corrected chi connectivity index (χ3v) is 10.5. The van der Waals surface area contributed by atoms with Crippen LogP contribution >= 0.6 is 34.9 Å². The Bertz CT molecular complexity index is 1430. The number of esters is 2. The number of carbonyl (C=O) groups is 4. The van der Waals surface area contributed by atoms with Crippen LogP contribution in [-0.2, 0) is 41.6 Å². The molecule has 4 heterocycles. The van der Waals surface area contributed by atoms with E-state index in [4.69, 9.17) is 15.2 Å². The molecule has 3 atom stereocenters. The zero-order valence-electron chi connectivity index (χ0n) is 27.2. The van der Waals surface area contributed by atoms with Gasteiger partial charge in [-0.1, -0.05) is 44.9 Å². The molecule has 0 bridgehead atoms. The first-order valence-electron chi connectivity index (χ1n) is 15.7. The van der Waals surface area contributed by atoms with Gasteiger partial charge in [-0.3, -0.25) is 19.3 Å². The number of nitrogens with two attached hydrogens (primary N) is 1. The lowest BCUT2D eigenvalue weighted by Gasteiger charge is -2.49. The van der Waals surface area contributed by atoms with Crippen LogP contribution in [0.2, 0.25) is 0 Å². The summed E-state index contributed by atoms with van der Waals surface area (Å²) in [7, 11) is 3.92. The highest BCUT2D eigenvalue weighted by Crippen LogP contribution is 2.42. The average Bonchev–Trinajstić information content (AvgIpc) is 3.67. The van der Waals surface area contributed by atoms with E-state index < -0.39 is 35.6 Å². The Kier molecular flexibility index (Phi) is 13.9. The van der Waals surface area contributed by atoms with Crippen LogP contribution in [0.5, 0.6) is 0 Å². The number of rotatable bonds is 19. The zero-order valence-corrected chi connectivity index (χ0v) is 29.6. The van der Waals surface area contributed by atoms with Crippen molar-refractivity contribution in [3.8, 4) is 0 Å². The fraction of sp³-hybridized carbons (Fsp3) is 0.655. The molecule has 2 aliphatic heterocycles. The van der Waals surface area contributed by atoms with E-state index in [-0.39, 0.29) is 24.4 Å². The van der Waals surface area contributed by atoms with Gasteiger partial charge in [0.15, 0.2) is 5.13 Å². The van der Waals surface area contributed by atoms with Crippen LogP contribution in [0.15, 0.2) is 21.8 Å². The first-order chi connectivity index (χ1) is 22.6. The van der Waals surface area contributed by atoms with E-state index in [2.05, 4.69) is 32.7 Å². The van der Waals surface area contributed by atoms with E-state index in [1.807, 2.05) is 25.9 Å². The molecule has 2 aromatic rings. The number of thioether (sulfide) groups is 2. The van der Waals surface area contributed by atoms with Crippen molar-refractivity contribution in [3.05, 3.63) is 22.3 Å². The summed E-state index contributed by atoms with van der Waals surface area (Å²) in [5.74, 6) is -1.28. The van der Waals surface area contributed by atoms with Gasteiger partial charge in [0.25, 0.3) is 5.91 Å². The van der Waals surface area contributed by atoms with Crippen LogP contribution in [0.3, 0.4) is 0 Å². The normalized spacial score (nSPS) is 18.1. The van der Waals surface area contributed by atoms with Gasteiger partial charge in [-0.2, -0.15) is 0 Å². The molecule has 2 aliphatic rings. The fourth-order valence-corrected chi connectivity index (χ4v) is 7.87. The highest BCUT2D eigenvalue weighted by Gasteiger charge is 2.54. The Hall–Kier alpha value is -3.22. The number of nitrogen functional groups attached to an aromatic ring is 1. The van der Waals surface area contributed by atoms with Gasteiger partial charge >= 0.3 is 11.9 Å². The molecule has 15 nitrogen and oxygen atoms in total. The zero-order chi connectivity index (χ0) is 33.9. The molecule has 258 valence electrons. The first-order valence-corrected chi connectivity index (χ1v) is 18.6. The van der Waals surface area contributed by atoms with Gasteiger partial charge in [-0.15, -0.1) is 28.2 Å². The predicted molar refractivity (Wildman–Crippen MR) is 179 cm³/mol. The van der Waals surface area contributed by atoms with Gasteiger partial charge in [0, 0.05) is 36.3 Å². The first kappa shape index (κ1) is 36.6. The van der Waals surface area contributed by atoms with Crippen molar-refractivity contribution in [2.24, 2.45) is 0 Å². The number of likely N-dealkylation sites (N-methyl/N-ethyl adjacent to an activating group) is 1. The van der Waals surface area contributed by atoms with Crippen LogP contribution in [0.1, 0.15) is 64.5 Å². The lowest BCUT2D eigenvalue weighted by atomic mass is 10.0. The van der Waals surface area contributed by atoms with Crippen molar-refractivity contribution in [2.45, 2.75) is 94.6 Å². The van der Waals surface area contributed by atoms with Crippen molar-refractivity contribution < 1.29 is 28.7 Å². The van der Waals surface area contributed by atoms with Crippen molar-refractivity contribution in [1.82, 2.24) is 40.3 Å². The molecule has 1 fully saturated rings. The second kappa shape index (κ2) is 17.8. The molecule has 3 N–H and O–H groups in total. The van der Waals surface area contributed by atoms with Crippen molar-refractivity contribution in [3.63, 3.8) is 0 Å². The lowest BCUT2D eigenvalue weighted by molar-refractivity contribution is -0.188. The molecule has 0 spiro atoms. The number of thiazole rings is 1. The van der Waals surface area contributed by atoms with Gasteiger partial charge in [-0.05, 0) is 42.9 Å². The number of tetrazole rings is 1. The maximum atomic E-state index is 13.8. The number of unbranched alkanes of at least 4 members (excludes halogenated alkanes) is 3. The van der Waals surface area contributed by atoms with Gasteiger partial charge in [0.05, 0.1) is 18.7 Å². The summed E-state index contributed by atoms with van der Waals surface area (Å²) in [6.07, 6.45) is 3.75. The standard InChI is InChI=1S/C29H43N9O6S3/c1-5-7-8-9-11-21(40)43-22(10-6-2)44-27(42)24-18(16-47-29-33-34-35-37(29)13-12-36(3)4)15-45-26-23(25(41)38(24)26)32-20(39)14-19-17-46-28(30)31-19/h17,22-23,26H,5-16H2,1-4H3,(H2,30,31)(H,32,39)/t22?,23-,26+/m1/s1. The number of aromatic nitrogens is 5. The van der Waals surface area contributed by atoms with E-state index in [0.717, 1.165) is 25.8 Å². The average molecular weight is 710 g/mol. The number of fused-ring (bicyclic) bond motifs is 1. The highest BCUT2D eigenvalue weighted by molar-refractivity contribution is 8.01. The summed E-state index contributed by atoms with van der Waals surface area (Å²) in [5, 5.41) is 16.9. The molecule has 0 aromatic carbocycles. The van der Waals surface area contributed by atoms with E-state index >= 15 is 0 Å². The summed E-state index contributed by atoms with van der Waals surface area (Å²) in [6, 6.07) is -0.828. The summed E-state index contributed by atoms with van der Waals surface area (Å²) in [4.78, 5) is 60.2. The number of hydrogen-bond acceptors (Lipinski definition) is 15. The highest BCUT2D eigenvalue weighted by atomic mass is 32.2. The molecule has 0 radical (unpaired) electrons.